The fourth-order valence-electron chi connectivity index (χ4n) is 3.04. The third kappa shape index (κ3) is 4.49. The molecule has 1 saturated carbocycles. The predicted octanol–water partition coefficient (Wildman–Crippen LogP) is 2.77. The van der Waals surface area contributed by atoms with Crippen molar-refractivity contribution in [2.45, 2.75) is 58.3 Å². The van der Waals surface area contributed by atoms with Gasteiger partial charge >= 0.3 is 0 Å². The third-order valence-corrected chi connectivity index (χ3v) is 5.41. The Bertz CT molecular complexity index is 458. The van der Waals surface area contributed by atoms with E-state index in [4.69, 9.17) is 9.72 Å². The van der Waals surface area contributed by atoms with E-state index in [1.165, 1.54) is 48.7 Å². The van der Waals surface area contributed by atoms with Crippen LogP contribution in [-0.2, 0) is 24.4 Å². The summed E-state index contributed by atoms with van der Waals surface area (Å²) in [5.41, 5.74) is 1.13. The Morgan fingerprint density at radius 3 is 2.95 bits per heavy atom. The van der Waals surface area contributed by atoms with E-state index in [1.54, 1.807) is 7.11 Å². The lowest BCUT2D eigenvalue weighted by Crippen LogP contribution is -2.33. The van der Waals surface area contributed by atoms with Crippen molar-refractivity contribution >= 4 is 11.3 Å². The molecule has 1 aliphatic heterocycles. The van der Waals surface area contributed by atoms with Crippen LogP contribution in [0, 0.1) is 5.92 Å². The molecule has 0 bridgehead atoms. The number of hydrogen-bond donors (Lipinski definition) is 1. The summed E-state index contributed by atoms with van der Waals surface area (Å²) >= 11 is 1.87. The molecular weight excluding hydrogens is 282 g/mol. The first-order valence-corrected chi connectivity index (χ1v) is 8.98. The number of thiazole rings is 1. The summed E-state index contributed by atoms with van der Waals surface area (Å²) in [6.07, 6.45) is 5.36. The van der Waals surface area contributed by atoms with Crippen molar-refractivity contribution in [2.24, 2.45) is 5.92 Å². The number of piperidine rings is 1. The molecule has 118 valence electrons. The van der Waals surface area contributed by atoms with Crippen molar-refractivity contribution < 1.29 is 4.74 Å². The van der Waals surface area contributed by atoms with E-state index in [0.717, 1.165) is 30.7 Å². The number of aromatic nitrogens is 1. The molecular formula is C16H27N3OS. The molecule has 3 rings (SSSR count). The van der Waals surface area contributed by atoms with Crippen LogP contribution >= 0.6 is 11.3 Å². The van der Waals surface area contributed by atoms with Gasteiger partial charge in [0.15, 0.2) is 0 Å². The van der Waals surface area contributed by atoms with Crippen molar-refractivity contribution in [1.82, 2.24) is 15.2 Å². The number of nitrogens with one attached hydrogen (secondary N) is 1. The monoisotopic (exact) mass is 309 g/mol. The second-order valence-corrected chi connectivity index (χ2v) is 7.72. The maximum absolute atomic E-state index is 5.31. The Balaban J connectivity index is 1.61. The minimum Gasteiger partial charge on any atom is -0.378 e. The number of nitrogens with zero attached hydrogens (tertiary/aromatic N) is 2. The lowest BCUT2D eigenvalue weighted by atomic mass is 10.0. The molecule has 5 heteroatoms. The lowest BCUT2D eigenvalue weighted by molar-refractivity contribution is 0.173. The number of methoxy groups -OCH3 is 1. The lowest BCUT2D eigenvalue weighted by Gasteiger charge is -2.29. The molecule has 1 aromatic heterocycles. The second kappa shape index (κ2) is 7.18. The quantitative estimate of drug-likeness (QED) is 0.840. The van der Waals surface area contributed by atoms with E-state index in [1.807, 2.05) is 11.3 Å². The minimum absolute atomic E-state index is 0.634. The molecule has 2 aliphatic rings. The average Bonchev–Trinajstić information content (AvgIpc) is 3.20. The van der Waals surface area contributed by atoms with E-state index in [2.05, 4.69) is 17.1 Å². The first kappa shape index (κ1) is 15.4. The molecule has 0 amide bonds. The normalized spacial score (nSPS) is 23.6. The summed E-state index contributed by atoms with van der Waals surface area (Å²) in [6, 6.07) is 0.744. The molecule has 1 aromatic rings. The van der Waals surface area contributed by atoms with Gasteiger partial charge in [0.1, 0.15) is 5.01 Å². The summed E-state index contributed by atoms with van der Waals surface area (Å²) in [7, 11) is 1.75. The molecule has 0 radical (unpaired) electrons. The molecule has 2 fully saturated rings. The zero-order valence-electron chi connectivity index (χ0n) is 13.2. The van der Waals surface area contributed by atoms with Gasteiger partial charge in [0.25, 0.3) is 0 Å². The van der Waals surface area contributed by atoms with E-state index in [-0.39, 0.29) is 0 Å². The van der Waals surface area contributed by atoms with Gasteiger partial charge in [-0.2, -0.15) is 0 Å². The molecule has 1 unspecified atom stereocenters. The number of ether oxygens (including phenoxy) is 1. The molecule has 4 nitrogen and oxygen atoms in total. The molecule has 1 aliphatic carbocycles. The van der Waals surface area contributed by atoms with E-state index >= 15 is 0 Å². The van der Waals surface area contributed by atoms with Gasteiger partial charge in [0.2, 0.25) is 0 Å². The van der Waals surface area contributed by atoms with Gasteiger partial charge in [-0.05, 0) is 38.1 Å². The molecule has 1 N–H and O–H groups in total. The fourth-order valence-corrected chi connectivity index (χ4v) is 4.10. The highest BCUT2D eigenvalue weighted by Gasteiger charge is 2.22. The van der Waals surface area contributed by atoms with Gasteiger partial charge < -0.3 is 10.1 Å². The summed E-state index contributed by atoms with van der Waals surface area (Å²) in [5.74, 6) is 0.827. The standard InChI is InChI=1S/C16H27N3OS/c1-12-4-3-7-19(9-12)10-16-18-14(11-20-2)15(21-16)8-17-13-5-6-13/h12-13,17H,3-11H2,1-2H3. The topological polar surface area (TPSA) is 37.4 Å². The summed E-state index contributed by atoms with van der Waals surface area (Å²) in [4.78, 5) is 8.75. The average molecular weight is 309 g/mol. The largest absolute Gasteiger partial charge is 0.378 e. The van der Waals surface area contributed by atoms with Crippen LogP contribution in [0.1, 0.15) is 48.2 Å². The van der Waals surface area contributed by atoms with Gasteiger partial charge in [-0.1, -0.05) is 6.92 Å². The van der Waals surface area contributed by atoms with Crippen LogP contribution in [-0.4, -0.2) is 36.1 Å². The summed E-state index contributed by atoms with van der Waals surface area (Å²) < 4.78 is 5.31. The smallest absolute Gasteiger partial charge is 0.107 e. The van der Waals surface area contributed by atoms with Crippen LogP contribution in [0.5, 0.6) is 0 Å². The Morgan fingerprint density at radius 1 is 1.38 bits per heavy atom. The van der Waals surface area contributed by atoms with Crippen molar-refractivity contribution in [1.29, 1.82) is 0 Å². The third-order valence-electron chi connectivity index (χ3n) is 4.33. The summed E-state index contributed by atoms with van der Waals surface area (Å²) in [6.45, 7) is 7.39. The maximum atomic E-state index is 5.31. The Labute approximate surface area is 131 Å². The van der Waals surface area contributed by atoms with Crippen molar-refractivity contribution in [2.75, 3.05) is 20.2 Å². The van der Waals surface area contributed by atoms with Crippen LogP contribution in [0.3, 0.4) is 0 Å². The Morgan fingerprint density at radius 2 is 2.24 bits per heavy atom. The van der Waals surface area contributed by atoms with Crippen molar-refractivity contribution in [3.8, 4) is 0 Å². The zero-order valence-corrected chi connectivity index (χ0v) is 14.0. The van der Waals surface area contributed by atoms with Crippen LogP contribution in [0.25, 0.3) is 0 Å². The highest BCUT2D eigenvalue weighted by molar-refractivity contribution is 7.11. The molecule has 2 heterocycles. The van der Waals surface area contributed by atoms with Crippen LogP contribution < -0.4 is 5.32 Å². The molecule has 0 spiro atoms. The SMILES string of the molecule is COCc1nc(CN2CCCC(C)C2)sc1CNC1CC1. The van der Waals surface area contributed by atoms with Gasteiger partial charge in [0, 0.05) is 31.1 Å². The minimum atomic E-state index is 0.634. The van der Waals surface area contributed by atoms with E-state index in [0.29, 0.717) is 6.61 Å². The molecule has 1 saturated heterocycles. The fraction of sp³-hybridized carbons (Fsp3) is 0.812. The first-order chi connectivity index (χ1) is 10.2. The predicted molar refractivity (Wildman–Crippen MR) is 86.4 cm³/mol. The molecule has 1 atom stereocenters. The molecule has 21 heavy (non-hydrogen) atoms. The van der Waals surface area contributed by atoms with Gasteiger partial charge in [-0.25, -0.2) is 4.98 Å². The van der Waals surface area contributed by atoms with Crippen LogP contribution in [0.15, 0.2) is 0 Å². The maximum Gasteiger partial charge on any atom is 0.107 e. The van der Waals surface area contributed by atoms with Crippen molar-refractivity contribution in [3.05, 3.63) is 15.6 Å². The van der Waals surface area contributed by atoms with Crippen molar-refractivity contribution in [3.63, 3.8) is 0 Å². The Hall–Kier alpha value is -0.490. The van der Waals surface area contributed by atoms with Crippen LogP contribution in [0.2, 0.25) is 0 Å². The van der Waals surface area contributed by atoms with E-state index < -0.39 is 0 Å². The first-order valence-electron chi connectivity index (χ1n) is 8.16. The number of rotatable bonds is 7. The zero-order chi connectivity index (χ0) is 14.7. The summed E-state index contributed by atoms with van der Waals surface area (Å²) in [5, 5.41) is 4.85. The highest BCUT2D eigenvalue weighted by atomic mass is 32.1. The van der Waals surface area contributed by atoms with Crippen LogP contribution in [0.4, 0.5) is 0 Å². The van der Waals surface area contributed by atoms with Gasteiger partial charge in [0.05, 0.1) is 18.8 Å². The van der Waals surface area contributed by atoms with Gasteiger partial charge in [-0.15, -0.1) is 11.3 Å². The number of likely N-dealkylation sites (tertiary alicyclic amines) is 1. The Kier molecular flexibility index (Phi) is 5.27. The molecule has 0 aromatic carbocycles. The number of hydrogen-bond acceptors (Lipinski definition) is 5. The van der Waals surface area contributed by atoms with E-state index in [9.17, 15) is 0 Å². The highest BCUT2D eigenvalue weighted by Crippen LogP contribution is 2.25. The second-order valence-electron chi connectivity index (χ2n) is 6.55. The van der Waals surface area contributed by atoms with Gasteiger partial charge in [-0.3, -0.25) is 4.90 Å².